The molecule has 2 unspecified atom stereocenters. The lowest BCUT2D eigenvalue weighted by Gasteiger charge is -2.49. The second-order valence-electron chi connectivity index (χ2n) is 7.93. The van der Waals surface area contributed by atoms with Gasteiger partial charge in [0.2, 0.25) is 0 Å². The Morgan fingerprint density at radius 1 is 1.17 bits per heavy atom. The number of pyridine rings is 1. The van der Waals surface area contributed by atoms with Crippen LogP contribution >= 0.6 is 0 Å². The van der Waals surface area contributed by atoms with Crippen molar-refractivity contribution in [2.45, 2.75) is 25.9 Å². The number of nitrogens with zero attached hydrogens (tertiary/aromatic N) is 4. The van der Waals surface area contributed by atoms with E-state index in [2.05, 4.69) is 0 Å². The van der Waals surface area contributed by atoms with Gasteiger partial charge in [0.05, 0.1) is 17.8 Å². The number of carbonyl (C=O) groups is 1. The number of aryl methyl sites for hydroxylation is 1. The Morgan fingerprint density at radius 3 is 2.52 bits per heavy atom. The highest BCUT2D eigenvalue weighted by Gasteiger charge is 2.45. The first-order valence-corrected chi connectivity index (χ1v) is 9.59. The van der Waals surface area contributed by atoms with Crippen LogP contribution in [0.25, 0.3) is 10.9 Å². The van der Waals surface area contributed by atoms with Crippen LogP contribution in [-0.4, -0.2) is 65.9 Å². The molecule has 156 valence electrons. The van der Waals surface area contributed by atoms with E-state index in [9.17, 15) is 19.1 Å². The first-order chi connectivity index (χ1) is 13.7. The molecule has 1 aromatic heterocycles. The van der Waals surface area contributed by atoms with Crippen LogP contribution in [0.3, 0.4) is 0 Å². The average molecular weight is 406 g/mol. The predicted octanol–water partition coefficient (Wildman–Crippen LogP) is 0.973. The van der Waals surface area contributed by atoms with E-state index in [1.165, 1.54) is 24.9 Å². The first kappa shape index (κ1) is 19.8. The number of amides is 1. The van der Waals surface area contributed by atoms with Gasteiger partial charge in [-0.25, -0.2) is 8.78 Å². The Balaban J connectivity index is 2.13. The van der Waals surface area contributed by atoms with Gasteiger partial charge in [-0.3, -0.25) is 14.5 Å². The third-order valence-corrected chi connectivity index (χ3v) is 6.23. The molecule has 29 heavy (non-hydrogen) atoms. The molecule has 3 heterocycles. The highest BCUT2D eigenvalue weighted by Crippen LogP contribution is 2.42. The van der Waals surface area contributed by atoms with Crippen LogP contribution in [0.2, 0.25) is 0 Å². The molecule has 2 aliphatic rings. The quantitative estimate of drug-likeness (QED) is 0.805. The average Bonchev–Trinajstić information content (AvgIpc) is 2.67. The van der Waals surface area contributed by atoms with Gasteiger partial charge >= 0.3 is 0 Å². The van der Waals surface area contributed by atoms with Gasteiger partial charge in [-0.2, -0.15) is 0 Å². The number of anilines is 2. The molecule has 2 aromatic rings. The van der Waals surface area contributed by atoms with Gasteiger partial charge in [-0.1, -0.05) is 0 Å². The van der Waals surface area contributed by atoms with Crippen molar-refractivity contribution in [2.24, 2.45) is 7.05 Å². The number of likely N-dealkylation sites (N-methyl/N-ethyl adjacent to an activating group) is 1. The summed E-state index contributed by atoms with van der Waals surface area (Å²) in [6, 6.07) is 0.715. The van der Waals surface area contributed by atoms with Crippen molar-refractivity contribution in [1.29, 1.82) is 0 Å². The van der Waals surface area contributed by atoms with Crippen molar-refractivity contribution < 1.29 is 18.7 Å². The van der Waals surface area contributed by atoms with E-state index >= 15 is 4.39 Å². The molecule has 7 nitrogen and oxygen atoms in total. The largest absolute Gasteiger partial charge is 0.395 e. The van der Waals surface area contributed by atoms with Crippen LogP contribution in [-0.2, 0) is 11.8 Å². The molecule has 1 saturated heterocycles. The summed E-state index contributed by atoms with van der Waals surface area (Å²) in [5.74, 6) is -1.79. The molecule has 1 aromatic carbocycles. The van der Waals surface area contributed by atoms with Gasteiger partial charge in [0.1, 0.15) is 17.5 Å². The Morgan fingerprint density at radius 2 is 1.86 bits per heavy atom. The minimum Gasteiger partial charge on any atom is -0.395 e. The van der Waals surface area contributed by atoms with Crippen LogP contribution in [0.4, 0.5) is 20.2 Å². The zero-order chi connectivity index (χ0) is 21.2. The van der Waals surface area contributed by atoms with Crippen molar-refractivity contribution in [1.82, 2.24) is 9.47 Å². The smallest absolute Gasteiger partial charge is 0.277 e. The summed E-state index contributed by atoms with van der Waals surface area (Å²) in [5, 5.41) is 9.75. The number of β-amino-alcohol motifs (C(OH)–C–C–N with tert-alkyl or cyclic N) is 1. The van der Waals surface area contributed by atoms with Crippen LogP contribution in [0.5, 0.6) is 0 Å². The van der Waals surface area contributed by atoms with E-state index in [0.717, 1.165) is 4.57 Å². The first-order valence-electron chi connectivity index (χ1n) is 9.59. The van der Waals surface area contributed by atoms with E-state index in [4.69, 9.17) is 0 Å². The van der Waals surface area contributed by atoms with Crippen molar-refractivity contribution in [3.05, 3.63) is 33.6 Å². The zero-order valence-corrected chi connectivity index (χ0v) is 16.9. The lowest BCUT2D eigenvalue weighted by atomic mass is 9.97. The molecule has 2 aliphatic heterocycles. The zero-order valence-electron chi connectivity index (χ0n) is 16.9. The standard InChI is InChI=1S/C20H24F2N4O3/c1-10-8-26-14(9-23(10)3)19(28)25(5-6-27)18-17(26)12-7-13(21)11(2)15(22)16(12)24(4)20(18)29/h7,10,14,27H,5-6,8-9H2,1-4H3. The summed E-state index contributed by atoms with van der Waals surface area (Å²) in [6.07, 6.45) is 0. The number of aromatic nitrogens is 1. The van der Waals surface area contributed by atoms with Crippen LogP contribution < -0.4 is 15.4 Å². The Hall–Kier alpha value is -2.52. The van der Waals surface area contributed by atoms with Gasteiger partial charge in [0.25, 0.3) is 11.5 Å². The molecule has 0 bridgehead atoms. The van der Waals surface area contributed by atoms with Gasteiger partial charge in [0, 0.05) is 43.7 Å². The predicted molar refractivity (Wildman–Crippen MR) is 107 cm³/mol. The summed E-state index contributed by atoms with van der Waals surface area (Å²) in [5.41, 5.74) is -0.274. The van der Waals surface area contributed by atoms with Crippen molar-refractivity contribution in [3.63, 3.8) is 0 Å². The minimum absolute atomic E-state index is 0.0104. The molecule has 4 rings (SSSR count). The molecular formula is C20H24F2N4O3. The number of halogens is 2. The highest BCUT2D eigenvalue weighted by atomic mass is 19.1. The van der Waals surface area contributed by atoms with E-state index in [1.807, 2.05) is 18.9 Å². The number of hydrogen-bond acceptors (Lipinski definition) is 5. The molecule has 9 heteroatoms. The maximum Gasteiger partial charge on any atom is 0.277 e. The van der Waals surface area contributed by atoms with Crippen molar-refractivity contribution >= 4 is 28.2 Å². The summed E-state index contributed by atoms with van der Waals surface area (Å²) >= 11 is 0. The van der Waals surface area contributed by atoms with Crippen LogP contribution in [0.1, 0.15) is 12.5 Å². The SMILES string of the molecule is Cc1c(F)cc2c3c(c(=O)n(C)c2c1F)N(CCO)C(=O)C1CN(C)C(C)CN31. The van der Waals surface area contributed by atoms with Crippen molar-refractivity contribution in [2.75, 3.05) is 43.1 Å². The Kier molecular flexibility index (Phi) is 4.62. The fourth-order valence-electron chi connectivity index (χ4n) is 4.41. The third kappa shape index (κ3) is 2.67. The molecule has 2 atom stereocenters. The van der Waals surface area contributed by atoms with Crippen molar-refractivity contribution in [3.8, 4) is 0 Å². The maximum absolute atomic E-state index is 15.0. The lowest BCUT2D eigenvalue weighted by Crippen LogP contribution is -2.65. The Bertz CT molecular complexity index is 1080. The summed E-state index contributed by atoms with van der Waals surface area (Å²) in [7, 11) is 3.32. The minimum atomic E-state index is -0.785. The number of piperazine rings is 1. The number of hydrogen-bond donors (Lipinski definition) is 1. The van der Waals surface area contributed by atoms with E-state index in [-0.39, 0.29) is 47.3 Å². The fraction of sp³-hybridized carbons (Fsp3) is 0.500. The molecule has 1 fully saturated rings. The molecule has 0 saturated carbocycles. The van der Waals surface area contributed by atoms with Gasteiger partial charge in [-0.05, 0) is 27.0 Å². The maximum atomic E-state index is 15.0. The summed E-state index contributed by atoms with van der Waals surface area (Å²) in [4.78, 5) is 31.5. The number of aliphatic hydroxyl groups excluding tert-OH is 1. The number of benzene rings is 1. The molecule has 1 N–H and O–H groups in total. The number of carbonyl (C=O) groups excluding carboxylic acids is 1. The normalized spacial score (nSPS) is 22.2. The van der Waals surface area contributed by atoms with Crippen LogP contribution in [0.15, 0.2) is 10.9 Å². The monoisotopic (exact) mass is 406 g/mol. The molecule has 0 radical (unpaired) electrons. The number of aliphatic hydroxyl groups is 1. The lowest BCUT2D eigenvalue weighted by molar-refractivity contribution is -0.121. The molecular weight excluding hydrogens is 382 g/mol. The fourth-order valence-corrected chi connectivity index (χ4v) is 4.41. The summed E-state index contributed by atoms with van der Waals surface area (Å²) in [6.45, 7) is 3.78. The van der Waals surface area contributed by atoms with E-state index in [1.54, 1.807) is 4.90 Å². The highest BCUT2D eigenvalue weighted by molar-refractivity contribution is 6.12. The van der Waals surface area contributed by atoms with E-state index in [0.29, 0.717) is 18.8 Å². The van der Waals surface area contributed by atoms with Crippen LogP contribution in [0, 0.1) is 18.6 Å². The Labute approximate surface area is 166 Å². The van der Waals surface area contributed by atoms with E-state index < -0.39 is 23.2 Å². The second-order valence-corrected chi connectivity index (χ2v) is 7.93. The van der Waals surface area contributed by atoms with Gasteiger partial charge in [-0.15, -0.1) is 0 Å². The number of fused-ring (bicyclic) bond motifs is 5. The topological polar surface area (TPSA) is 69.0 Å². The summed E-state index contributed by atoms with van der Waals surface area (Å²) < 4.78 is 30.6. The van der Waals surface area contributed by atoms with Gasteiger partial charge in [0.15, 0.2) is 5.82 Å². The second kappa shape index (κ2) is 6.77. The molecule has 1 amide bonds. The number of rotatable bonds is 2. The molecule has 0 spiro atoms. The van der Waals surface area contributed by atoms with Gasteiger partial charge < -0.3 is 19.5 Å². The molecule has 0 aliphatic carbocycles. The third-order valence-electron chi connectivity index (χ3n) is 6.23.